The van der Waals surface area contributed by atoms with Crippen molar-refractivity contribution in [2.45, 2.75) is 13.5 Å². The zero-order valence-corrected chi connectivity index (χ0v) is 9.96. The first-order chi connectivity index (χ1) is 8.74. The monoisotopic (exact) mass is 250 g/mol. The quantitative estimate of drug-likeness (QED) is 0.711. The third-order valence-electron chi connectivity index (χ3n) is 2.20. The van der Waals surface area contributed by atoms with Gasteiger partial charge in [-0.25, -0.2) is 9.78 Å². The van der Waals surface area contributed by atoms with E-state index in [-0.39, 0.29) is 5.82 Å². The van der Waals surface area contributed by atoms with Crippen molar-refractivity contribution >= 4 is 5.97 Å². The molecule has 0 saturated heterocycles. The van der Waals surface area contributed by atoms with E-state index in [2.05, 4.69) is 20.2 Å². The first-order valence-electron chi connectivity index (χ1n) is 5.56. The highest BCUT2D eigenvalue weighted by Crippen LogP contribution is 2.11. The molecule has 3 N–H and O–H groups in total. The smallest absolute Gasteiger partial charge is 0.375 e. The van der Waals surface area contributed by atoms with Crippen molar-refractivity contribution in [2.24, 2.45) is 5.73 Å². The number of imidazole rings is 1. The topological polar surface area (TPSA) is 112 Å². The number of H-pyrrole nitrogens is 1. The normalized spacial score (nSPS) is 10.6. The van der Waals surface area contributed by atoms with Crippen LogP contribution in [0.4, 0.5) is 0 Å². The largest absolute Gasteiger partial charge is 0.460 e. The summed E-state index contributed by atoms with van der Waals surface area (Å²) in [6, 6.07) is 0. The van der Waals surface area contributed by atoms with Gasteiger partial charge in [0.05, 0.1) is 12.9 Å². The van der Waals surface area contributed by atoms with Gasteiger partial charge in [-0.1, -0.05) is 0 Å². The lowest BCUT2D eigenvalue weighted by Gasteiger charge is -1.95. The maximum Gasteiger partial charge on any atom is 0.375 e. The van der Waals surface area contributed by atoms with E-state index in [1.54, 1.807) is 19.4 Å². The number of nitrogens with one attached hydrogen (secondary N) is 1. The zero-order valence-electron chi connectivity index (χ0n) is 9.96. The molecule has 0 aliphatic rings. The van der Waals surface area contributed by atoms with Gasteiger partial charge < -0.3 is 15.0 Å². The maximum absolute atomic E-state index is 11.4. The molecule has 2 rings (SSSR count). The van der Waals surface area contributed by atoms with Crippen LogP contribution in [-0.4, -0.2) is 43.9 Å². The summed E-state index contributed by atoms with van der Waals surface area (Å²) >= 11 is 0. The number of esters is 1. The summed E-state index contributed by atoms with van der Waals surface area (Å²) in [5, 5.41) is 6.44. The number of ether oxygens (including phenoxy) is 1. The Morgan fingerprint density at radius 1 is 1.61 bits per heavy atom. The van der Waals surface area contributed by atoms with Gasteiger partial charge in [0, 0.05) is 19.3 Å². The van der Waals surface area contributed by atoms with Crippen LogP contribution in [0.2, 0.25) is 0 Å². The van der Waals surface area contributed by atoms with Crippen LogP contribution >= 0.6 is 0 Å². The molecule has 0 atom stereocenters. The Bertz CT molecular complexity index is 532. The van der Waals surface area contributed by atoms with Gasteiger partial charge >= 0.3 is 5.97 Å². The molecule has 18 heavy (non-hydrogen) atoms. The van der Waals surface area contributed by atoms with Crippen LogP contribution in [0, 0.1) is 0 Å². The average molecular weight is 250 g/mol. The van der Waals surface area contributed by atoms with Crippen molar-refractivity contribution < 1.29 is 9.53 Å². The summed E-state index contributed by atoms with van der Waals surface area (Å²) in [6.45, 7) is 3.21. The molecule has 96 valence electrons. The molecule has 0 bridgehead atoms. The van der Waals surface area contributed by atoms with Crippen molar-refractivity contribution in [3.05, 3.63) is 18.3 Å². The van der Waals surface area contributed by atoms with E-state index in [1.165, 1.54) is 0 Å². The summed E-state index contributed by atoms with van der Waals surface area (Å²) in [5.74, 6) is -0.105. The average Bonchev–Trinajstić information content (AvgIpc) is 2.97. The van der Waals surface area contributed by atoms with Gasteiger partial charge in [-0.2, -0.15) is 10.1 Å². The minimum Gasteiger partial charge on any atom is -0.460 e. The van der Waals surface area contributed by atoms with E-state index >= 15 is 0 Å². The summed E-state index contributed by atoms with van der Waals surface area (Å²) in [7, 11) is 0. The van der Waals surface area contributed by atoms with E-state index in [0.717, 1.165) is 0 Å². The van der Waals surface area contributed by atoms with Crippen LogP contribution < -0.4 is 5.73 Å². The lowest BCUT2D eigenvalue weighted by Crippen LogP contribution is -2.07. The molecule has 8 nitrogen and oxygen atoms in total. The van der Waals surface area contributed by atoms with Crippen LogP contribution in [0.25, 0.3) is 11.5 Å². The number of hydrogen-bond acceptors (Lipinski definition) is 6. The van der Waals surface area contributed by atoms with E-state index in [0.29, 0.717) is 31.2 Å². The molecule has 0 fully saturated rings. The van der Waals surface area contributed by atoms with Gasteiger partial charge in [0.2, 0.25) is 11.6 Å². The molecule has 0 unspecified atom stereocenters. The number of carbonyl (C=O) groups excluding carboxylic acids is 1. The number of hydrogen-bond donors (Lipinski definition) is 2. The standard InChI is InChI=1S/C10H14N6O2/c1-2-18-10(17)9-13-8(14-15-9)7-5-16(4-3-11)6-12-7/h5-6H,2-4,11H2,1H3,(H,13,14,15). The van der Waals surface area contributed by atoms with E-state index in [9.17, 15) is 4.79 Å². The Morgan fingerprint density at radius 3 is 3.17 bits per heavy atom. The molecule has 2 aromatic rings. The van der Waals surface area contributed by atoms with Crippen molar-refractivity contribution in [1.82, 2.24) is 24.7 Å². The second-order valence-corrected chi connectivity index (χ2v) is 3.51. The van der Waals surface area contributed by atoms with Crippen LogP contribution in [0.5, 0.6) is 0 Å². The minimum atomic E-state index is -0.530. The molecule has 0 saturated carbocycles. The number of nitrogens with zero attached hydrogens (tertiary/aromatic N) is 4. The van der Waals surface area contributed by atoms with Gasteiger partial charge in [0.25, 0.3) is 0 Å². The minimum absolute atomic E-state index is 0.0697. The molecule has 0 amide bonds. The lowest BCUT2D eigenvalue weighted by atomic mass is 10.4. The predicted octanol–water partition coefficient (Wildman–Crippen LogP) is -0.196. The van der Waals surface area contributed by atoms with Crippen LogP contribution in [0.1, 0.15) is 17.5 Å². The Labute approximate surface area is 103 Å². The fourth-order valence-corrected chi connectivity index (χ4v) is 1.41. The van der Waals surface area contributed by atoms with Gasteiger partial charge in [0.15, 0.2) is 0 Å². The summed E-state index contributed by atoms with van der Waals surface area (Å²) in [5.41, 5.74) is 6.02. The Morgan fingerprint density at radius 2 is 2.44 bits per heavy atom. The molecule has 0 spiro atoms. The molecule has 2 aromatic heterocycles. The van der Waals surface area contributed by atoms with Gasteiger partial charge in [0.1, 0.15) is 5.69 Å². The van der Waals surface area contributed by atoms with Crippen molar-refractivity contribution in [2.75, 3.05) is 13.2 Å². The molecular formula is C10H14N6O2. The second kappa shape index (κ2) is 5.41. The first-order valence-corrected chi connectivity index (χ1v) is 5.56. The highest BCUT2D eigenvalue weighted by Gasteiger charge is 2.15. The molecule has 8 heteroatoms. The number of carbonyl (C=O) groups is 1. The van der Waals surface area contributed by atoms with E-state index < -0.39 is 5.97 Å². The molecular weight excluding hydrogens is 236 g/mol. The van der Waals surface area contributed by atoms with Crippen LogP contribution in [0.15, 0.2) is 12.5 Å². The second-order valence-electron chi connectivity index (χ2n) is 3.51. The first kappa shape index (κ1) is 12.2. The fraction of sp³-hybridized carbons (Fsp3) is 0.400. The number of aromatic amines is 1. The number of rotatable bonds is 5. The SMILES string of the molecule is CCOC(=O)c1nc(-c2cn(CCN)cn2)n[nH]1. The summed E-state index contributed by atoms with van der Waals surface area (Å²) < 4.78 is 6.64. The molecule has 0 aliphatic carbocycles. The van der Waals surface area contributed by atoms with E-state index in [4.69, 9.17) is 10.5 Å². The van der Waals surface area contributed by atoms with Crippen LogP contribution in [-0.2, 0) is 11.3 Å². The third kappa shape index (κ3) is 2.54. The predicted molar refractivity (Wildman–Crippen MR) is 62.6 cm³/mol. The molecule has 0 aliphatic heterocycles. The summed E-state index contributed by atoms with van der Waals surface area (Å²) in [6.07, 6.45) is 3.41. The number of aromatic nitrogens is 5. The Kier molecular flexibility index (Phi) is 3.68. The Balaban J connectivity index is 2.15. The zero-order chi connectivity index (χ0) is 13.0. The van der Waals surface area contributed by atoms with E-state index in [1.807, 2.05) is 4.57 Å². The van der Waals surface area contributed by atoms with Gasteiger partial charge in [-0.15, -0.1) is 0 Å². The summed E-state index contributed by atoms with van der Waals surface area (Å²) in [4.78, 5) is 19.6. The van der Waals surface area contributed by atoms with Gasteiger partial charge in [-0.3, -0.25) is 5.10 Å². The van der Waals surface area contributed by atoms with Crippen molar-refractivity contribution in [3.8, 4) is 11.5 Å². The molecule has 0 radical (unpaired) electrons. The van der Waals surface area contributed by atoms with Gasteiger partial charge in [-0.05, 0) is 6.92 Å². The van der Waals surface area contributed by atoms with Crippen molar-refractivity contribution in [1.29, 1.82) is 0 Å². The van der Waals surface area contributed by atoms with Crippen molar-refractivity contribution in [3.63, 3.8) is 0 Å². The van der Waals surface area contributed by atoms with Crippen LogP contribution in [0.3, 0.4) is 0 Å². The molecule has 0 aromatic carbocycles. The Hall–Kier alpha value is -2.22. The maximum atomic E-state index is 11.4. The highest BCUT2D eigenvalue weighted by molar-refractivity contribution is 5.85. The fourth-order valence-electron chi connectivity index (χ4n) is 1.41. The molecule has 2 heterocycles. The highest BCUT2D eigenvalue weighted by atomic mass is 16.5. The third-order valence-corrected chi connectivity index (χ3v) is 2.20. The number of nitrogens with two attached hydrogens (primary N) is 1. The lowest BCUT2D eigenvalue weighted by molar-refractivity contribution is 0.0512.